The number of amides is 1. The molecule has 0 saturated heterocycles. The van der Waals surface area contributed by atoms with Gasteiger partial charge in [-0.2, -0.15) is 0 Å². The first-order valence-electron chi connectivity index (χ1n) is 6.05. The summed E-state index contributed by atoms with van der Waals surface area (Å²) in [6.07, 6.45) is 3.13. The van der Waals surface area contributed by atoms with Crippen LogP contribution in [0.4, 0.5) is 5.69 Å². The van der Waals surface area contributed by atoms with E-state index in [1.165, 1.54) is 12.3 Å². The fourth-order valence-electron chi connectivity index (χ4n) is 1.88. The Bertz CT molecular complexity index is 681. The second-order valence-corrected chi connectivity index (χ2v) is 4.49. The molecule has 1 aromatic heterocycles. The van der Waals surface area contributed by atoms with Gasteiger partial charge in [0.05, 0.1) is 11.1 Å². The molecular weight excluding hydrogens is 256 g/mol. The number of carbonyl (C=O) groups is 2. The molecule has 0 aliphatic carbocycles. The second-order valence-electron chi connectivity index (χ2n) is 4.49. The Morgan fingerprint density at radius 2 is 1.95 bits per heavy atom. The Kier molecular flexibility index (Phi) is 3.79. The average Bonchev–Trinajstić information content (AvgIpc) is 2.40. The number of nitrogens with zero attached hydrogens (tertiary/aromatic N) is 1. The largest absolute Gasteiger partial charge is 0.478 e. The third-order valence-electron chi connectivity index (χ3n) is 2.95. The number of hydrogen-bond donors (Lipinski definition) is 2. The molecule has 1 heterocycles. The Morgan fingerprint density at radius 1 is 1.20 bits per heavy atom. The van der Waals surface area contributed by atoms with Crippen LogP contribution in [-0.4, -0.2) is 22.0 Å². The van der Waals surface area contributed by atoms with E-state index in [2.05, 4.69) is 10.3 Å². The molecule has 0 bridgehead atoms. The second kappa shape index (κ2) is 5.52. The highest BCUT2D eigenvalue weighted by atomic mass is 16.4. The van der Waals surface area contributed by atoms with E-state index in [1.54, 1.807) is 31.3 Å². The Labute approximate surface area is 116 Å². The normalized spacial score (nSPS) is 10.1. The SMILES string of the molecule is Cc1cncc(C(=O)Nc2cccc(C(=O)O)c2C)c1. The van der Waals surface area contributed by atoms with Gasteiger partial charge >= 0.3 is 5.97 Å². The molecule has 2 aromatic rings. The van der Waals surface area contributed by atoms with E-state index >= 15 is 0 Å². The van der Waals surface area contributed by atoms with Gasteiger partial charge < -0.3 is 10.4 Å². The highest BCUT2D eigenvalue weighted by molar-refractivity contribution is 6.05. The van der Waals surface area contributed by atoms with Crippen molar-refractivity contribution < 1.29 is 14.7 Å². The van der Waals surface area contributed by atoms with E-state index in [-0.39, 0.29) is 11.5 Å². The number of aryl methyl sites for hydroxylation is 1. The fraction of sp³-hybridized carbons (Fsp3) is 0.133. The molecule has 0 atom stereocenters. The van der Waals surface area contributed by atoms with Gasteiger partial charge in [0, 0.05) is 18.1 Å². The third kappa shape index (κ3) is 2.83. The molecule has 5 heteroatoms. The summed E-state index contributed by atoms with van der Waals surface area (Å²) in [5.74, 6) is -1.33. The van der Waals surface area contributed by atoms with Crippen LogP contribution in [0.5, 0.6) is 0 Å². The molecule has 0 aliphatic rings. The van der Waals surface area contributed by atoms with Gasteiger partial charge in [-0.1, -0.05) is 6.07 Å². The molecule has 20 heavy (non-hydrogen) atoms. The molecule has 0 aliphatic heterocycles. The predicted octanol–water partition coefficient (Wildman–Crippen LogP) is 2.65. The molecule has 0 saturated carbocycles. The highest BCUT2D eigenvalue weighted by Crippen LogP contribution is 2.19. The van der Waals surface area contributed by atoms with Crippen molar-refractivity contribution in [3.63, 3.8) is 0 Å². The van der Waals surface area contributed by atoms with E-state index in [0.29, 0.717) is 16.8 Å². The molecule has 0 unspecified atom stereocenters. The lowest BCUT2D eigenvalue weighted by molar-refractivity contribution is 0.0695. The first kappa shape index (κ1) is 13.7. The summed E-state index contributed by atoms with van der Waals surface area (Å²) in [6, 6.07) is 6.49. The van der Waals surface area contributed by atoms with E-state index in [0.717, 1.165) is 5.56 Å². The van der Waals surface area contributed by atoms with Crippen molar-refractivity contribution in [2.45, 2.75) is 13.8 Å². The van der Waals surface area contributed by atoms with Crippen LogP contribution in [-0.2, 0) is 0 Å². The van der Waals surface area contributed by atoms with Crippen molar-refractivity contribution in [2.75, 3.05) is 5.32 Å². The van der Waals surface area contributed by atoms with Crippen LogP contribution < -0.4 is 5.32 Å². The standard InChI is InChI=1S/C15H14N2O3/c1-9-6-11(8-16-7-9)14(18)17-13-5-3-4-12(10(13)2)15(19)20/h3-8H,1-2H3,(H,17,18)(H,19,20). The highest BCUT2D eigenvalue weighted by Gasteiger charge is 2.13. The quantitative estimate of drug-likeness (QED) is 0.898. The summed E-state index contributed by atoms with van der Waals surface area (Å²) in [6.45, 7) is 3.51. The first-order chi connectivity index (χ1) is 9.49. The van der Waals surface area contributed by atoms with E-state index in [9.17, 15) is 9.59 Å². The molecule has 1 amide bonds. The molecule has 102 valence electrons. The number of aromatic carboxylic acids is 1. The molecule has 0 fully saturated rings. The topological polar surface area (TPSA) is 79.3 Å². The summed E-state index contributed by atoms with van der Waals surface area (Å²) in [4.78, 5) is 27.1. The number of pyridine rings is 1. The van der Waals surface area contributed by atoms with Gasteiger partial charge in [0.2, 0.25) is 0 Å². The zero-order valence-corrected chi connectivity index (χ0v) is 11.2. The number of carbonyl (C=O) groups excluding carboxylic acids is 1. The number of benzene rings is 1. The molecule has 5 nitrogen and oxygen atoms in total. The summed E-state index contributed by atoms with van der Waals surface area (Å²) < 4.78 is 0. The van der Waals surface area contributed by atoms with Gasteiger partial charge in [0.25, 0.3) is 5.91 Å². The number of aromatic nitrogens is 1. The van der Waals surface area contributed by atoms with Crippen LogP contribution in [0.1, 0.15) is 31.8 Å². The van der Waals surface area contributed by atoms with Gasteiger partial charge in [-0.3, -0.25) is 9.78 Å². The minimum atomic E-state index is -1.02. The zero-order chi connectivity index (χ0) is 14.7. The van der Waals surface area contributed by atoms with E-state index in [1.807, 2.05) is 6.92 Å². The zero-order valence-electron chi connectivity index (χ0n) is 11.2. The van der Waals surface area contributed by atoms with Gasteiger partial charge in [-0.15, -0.1) is 0 Å². The maximum absolute atomic E-state index is 12.1. The number of rotatable bonds is 3. The Balaban J connectivity index is 2.29. The van der Waals surface area contributed by atoms with Crippen molar-refractivity contribution in [3.05, 3.63) is 58.9 Å². The lowest BCUT2D eigenvalue weighted by atomic mass is 10.1. The number of carboxylic acid groups (broad SMARTS) is 1. The summed E-state index contributed by atoms with van der Waals surface area (Å²) in [5, 5.41) is 11.8. The monoisotopic (exact) mass is 270 g/mol. The summed E-state index contributed by atoms with van der Waals surface area (Å²) >= 11 is 0. The molecule has 0 spiro atoms. The molecular formula is C15H14N2O3. The van der Waals surface area contributed by atoms with Gasteiger partial charge in [0.1, 0.15) is 0 Å². The number of hydrogen-bond acceptors (Lipinski definition) is 3. The van der Waals surface area contributed by atoms with E-state index < -0.39 is 5.97 Å². The Hall–Kier alpha value is -2.69. The van der Waals surface area contributed by atoms with Gasteiger partial charge in [-0.05, 0) is 43.2 Å². The minimum absolute atomic E-state index is 0.171. The molecule has 0 radical (unpaired) electrons. The number of nitrogens with one attached hydrogen (secondary N) is 1. The van der Waals surface area contributed by atoms with Crippen LogP contribution in [0.25, 0.3) is 0 Å². The molecule has 2 N–H and O–H groups in total. The Morgan fingerprint density at radius 3 is 2.60 bits per heavy atom. The van der Waals surface area contributed by atoms with Crippen LogP contribution in [0.15, 0.2) is 36.7 Å². The van der Waals surface area contributed by atoms with Gasteiger partial charge in [-0.25, -0.2) is 4.79 Å². The lowest BCUT2D eigenvalue weighted by Gasteiger charge is -2.10. The number of carboxylic acids is 1. The predicted molar refractivity (Wildman–Crippen MR) is 75.1 cm³/mol. The maximum atomic E-state index is 12.1. The molecule has 2 rings (SSSR count). The smallest absolute Gasteiger partial charge is 0.336 e. The van der Waals surface area contributed by atoms with Crippen molar-refractivity contribution in [2.24, 2.45) is 0 Å². The summed E-state index contributed by atoms with van der Waals surface area (Å²) in [7, 11) is 0. The first-order valence-corrected chi connectivity index (χ1v) is 6.05. The van der Waals surface area contributed by atoms with Crippen molar-refractivity contribution >= 4 is 17.6 Å². The van der Waals surface area contributed by atoms with Crippen molar-refractivity contribution in [1.29, 1.82) is 0 Å². The van der Waals surface area contributed by atoms with Crippen LogP contribution >= 0.6 is 0 Å². The number of anilines is 1. The van der Waals surface area contributed by atoms with Crippen LogP contribution in [0, 0.1) is 13.8 Å². The summed E-state index contributed by atoms with van der Waals surface area (Å²) in [5.41, 5.74) is 2.49. The van der Waals surface area contributed by atoms with Crippen LogP contribution in [0.3, 0.4) is 0 Å². The average molecular weight is 270 g/mol. The third-order valence-corrected chi connectivity index (χ3v) is 2.95. The van der Waals surface area contributed by atoms with Gasteiger partial charge in [0.15, 0.2) is 0 Å². The van der Waals surface area contributed by atoms with E-state index in [4.69, 9.17) is 5.11 Å². The van der Waals surface area contributed by atoms with Crippen molar-refractivity contribution in [3.8, 4) is 0 Å². The van der Waals surface area contributed by atoms with Crippen molar-refractivity contribution in [1.82, 2.24) is 4.98 Å². The minimum Gasteiger partial charge on any atom is -0.478 e. The lowest BCUT2D eigenvalue weighted by Crippen LogP contribution is -2.14. The molecule has 1 aromatic carbocycles. The van der Waals surface area contributed by atoms with Crippen LogP contribution in [0.2, 0.25) is 0 Å². The fourth-order valence-corrected chi connectivity index (χ4v) is 1.88. The maximum Gasteiger partial charge on any atom is 0.336 e.